The van der Waals surface area contributed by atoms with Gasteiger partial charge in [-0.1, -0.05) is 11.2 Å². The Kier molecular flexibility index (Phi) is 4.91. The van der Waals surface area contributed by atoms with Crippen molar-refractivity contribution in [1.82, 2.24) is 19.9 Å². The molecule has 0 aromatic carbocycles. The summed E-state index contributed by atoms with van der Waals surface area (Å²) in [4.78, 5) is 4.67. The van der Waals surface area contributed by atoms with Crippen molar-refractivity contribution >= 4 is 0 Å². The Labute approximate surface area is 136 Å². The SMILES string of the molecule is C=CCCC1(c2noc(CCn3cc(C)cn3)n2)CCOCC1. The van der Waals surface area contributed by atoms with Crippen molar-refractivity contribution in [2.75, 3.05) is 13.2 Å². The van der Waals surface area contributed by atoms with Crippen LogP contribution in [0, 0.1) is 6.92 Å². The molecule has 1 aliphatic heterocycles. The number of hydrogen-bond acceptors (Lipinski definition) is 5. The van der Waals surface area contributed by atoms with Gasteiger partial charge in [0.15, 0.2) is 5.82 Å². The summed E-state index contributed by atoms with van der Waals surface area (Å²) in [6, 6.07) is 0. The van der Waals surface area contributed by atoms with Gasteiger partial charge < -0.3 is 9.26 Å². The van der Waals surface area contributed by atoms with E-state index in [0.717, 1.165) is 56.8 Å². The molecule has 3 rings (SSSR count). The van der Waals surface area contributed by atoms with Crippen molar-refractivity contribution in [3.8, 4) is 0 Å². The van der Waals surface area contributed by atoms with Gasteiger partial charge in [-0.25, -0.2) is 0 Å². The molecular formula is C17H24N4O2. The molecule has 0 atom stereocenters. The van der Waals surface area contributed by atoms with Gasteiger partial charge in [0.05, 0.1) is 6.20 Å². The third kappa shape index (κ3) is 3.69. The molecule has 1 fully saturated rings. The van der Waals surface area contributed by atoms with Crippen LogP contribution in [0.2, 0.25) is 0 Å². The van der Waals surface area contributed by atoms with Crippen molar-refractivity contribution in [1.29, 1.82) is 0 Å². The first-order chi connectivity index (χ1) is 11.2. The number of rotatable bonds is 7. The Morgan fingerprint density at radius 2 is 2.22 bits per heavy atom. The van der Waals surface area contributed by atoms with E-state index in [4.69, 9.17) is 9.26 Å². The summed E-state index contributed by atoms with van der Waals surface area (Å²) in [6.07, 6.45) is 10.4. The van der Waals surface area contributed by atoms with E-state index in [2.05, 4.69) is 21.8 Å². The zero-order valence-corrected chi connectivity index (χ0v) is 13.7. The minimum atomic E-state index is -0.0313. The second kappa shape index (κ2) is 7.08. The topological polar surface area (TPSA) is 66.0 Å². The highest BCUT2D eigenvalue weighted by atomic mass is 16.5. The molecule has 0 amide bonds. The lowest BCUT2D eigenvalue weighted by molar-refractivity contribution is 0.0430. The highest BCUT2D eigenvalue weighted by Gasteiger charge is 2.38. The van der Waals surface area contributed by atoms with Gasteiger partial charge in [-0.3, -0.25) is 4.68 Å². The van der Waals surface area contributed by atoms with Gasteiger partial charge in [0.1, 0.15) is 0 Å². The standard InChI is InChI=1S/C17H24N4O2/c1-3-4-6-17(7-10-22-11-8-17)16-19-15(23-20-16)5-9-21-13-14(2)12-18-21/h3,12-13H,1,4-11H2,2H3. The lowest BCUT2D eigenvalue weighted by Crippen LogP contribution is -2.35. The average Bonchev–Trinajstić information content (AvgIpc) is 3.21. The van der Waals surface area contributed by atoms with Crippen molar-refractivity contribution in [2.45, 2.75) is 51.0 Å². The molecule has 0 unspecified atom stereocenters. The highest BCUT2D eigenvalue weighted by Crippen LogP contribution is 2.37. The molecular weight excluding hydrogens is 292 g/mol. The summed E-state index contributed by atoms with van der Waals surface area (Å²) in [6.45, 7) is 8.13. The monoisotopic (exact) mass is 316 g/mol. The lowest BCUT2D eigenvalue weighted by atomic mass is 9.75. The summed E-state index contributed by atoms with van der Waals surface area (Å²) in [5.41, 5.74) is 1.12. The maximum Gasteiger partial charge on any atom is 0.228 e. The van der Waals surface area contributed by atoms with Crippen LogP contribution in [0.3, 0.4) is 0 Å². The fraction of sp³-hybridized carbons (Fsp3) is 0.588. The van der Waals surface area contributed by atoms with Crippen LogP contribution in [0.1, 0.15) is 43.0 Å². The number of nitrogens with zero attached hydrogens (tertiary/aromatic N) is 4. The Balaban J connectivity index is 1.69. The molecule has 124 valence electrons. The quantitative estimate of drug-likeness (QED) is 0.735. The smallest absolute Gasteiger partial charge is 0.228 e. The molecule has 0 aliphatic carbocycles. The fourth-order valence-electron chi connectivity index (χ4n) is 3.10. The Morgan fingerprint density at radius 3 is 2.91 bits per heavy atom. The maximum absolute atomic E-state index is 5.52. The second-order valence-corrected chi connectivity index (χ2v) is 6.26. The predicted octanol–water partition coefficient (Wildman–Crippen LogP) is 2.83. The molecule has 6 nitrogen and oxygen atoms in total. The third-order valence-electron chi connectivity index (χ3n) is 4.54. The molecule has 6 heteroatoms. The van der Waals surface area contributed by atoms with Crippen molar-refractivity contribution < 1.29 is 9.26 Å². The van der Waals surface area contributed by atoms with E-state index in [1.165, 1.54) is 0 Å². The predicted molar refractivity (Wildman–Crippen MR) is 86.1 cm³/mol. The average molecular weight is 316 g/mol. The largest absolute Gasteiger partial charge is 0.381 e. The molecule has 1 aliphatic rings. The van der Waals surface area contributed by atoms with Crippen LogP contribution in [0.15, 0.2) is 29.6 Å². The molecule has 0 spiro atoms. The molecule has 2 aromatic heterocycles. The van der Waals surface area contributed by atoms with Crippen molar-refractivity contribution in [3.63, 3.8) is 0 Å². The molecule has 3 heterocycles. The van der Waals surface area contributed by atoms with E-state index >= 15 is 0 Å². The molecule has 0 saturated carbocycles. The van der Waals surface area contributed by atoms with E-state index < -0.39 is 0 Å². The number of aromatic nitrogens is 4. The van der Waals surface area contributed by atoms with Gasteiger partial charge in [0.2, 0.25) is 5.89 Å². The van der Waals surface area contributed by atoms with Gasteiger partial charge in [0.25, 0.3) is 0 Å². The minimum absolute atomic E-state index is 0.0313. The van der Waals surface area contributed by atoms with E-state index in [9.17, 15) is 0 Å². The highest BCUT2D eigenvalue weighted by molar-refractivity contribution is 5.09. The number of allylic oxidation sites excluding steroid dienone is 1. The minimum Gasteiger partial charge on any atom is -0.381 e. The summed E-state index contributed by atoms with van der Waals surface area (Å²) in [5, 5.41) is 8.56. The van der Waals surface area contributed by atoms with Crippen LogP contribution in [-0.4, -0.2) is 33.1 Å². The van der Waals surface area contributed by atoms with E-state index in [-0.39, 0.29) is 5.41 Å². The molecule has 23 heavy (non-hydrogen) atoms. The summed E-state index contributed by atoms with van der Waals surface area (Å²) in [5.74, 6) is 1.51. The molecule has 2 aromatic rings. The van der Waals surface area contributed by atoms with Gasteiger partial charge in [0, 0.05) is 37.8 Å². The first-order valence-corrected chi connectivity index (χ1v) is 8.23. The van der Waals surface area contributed by atoms with Crippen molar-refractivity contribution in [3.05, 3.63) is 42.3 Å². The van der Waals surface area contributed by atoms with Crippen LogP contribution in [0.4, 0.5) is 0 Å². The van der Waals surface area contributed by atoms with Crippen LogP contribution in [-0.2, 0) is 23.1 Å². The van der Waals surface area contributed by atoms with Gasteiger partial charge >= 0.3 is 0 Å². The molecule has 0 radical (unpaired) electrons. The third-order valence-corrected chi connectivity index (χ3v) is 4.54. The summed E-state index contributed by atoms with van der Waals surface area (Å²) >= 11 is 0. The summed E-state index contributed by atoms with van der Waals surface area (Å²) < 4.78 is 12.9. The van der Waals surface area contributed by atoms with Gasteiger partial charge in [-0.05, 0) is 38.2 Å². The van der Waals surface area contributed by atoms with Crippen molar-refractivity contribution in [2.24, 2.45) is 0 Å². The number of ether oxygens (including phenoxy) is 1. The van der Waals surface area contributed by atoms with Crippen LogP contribution in [0.5, 0.6) is 0 Å². The zero-order chi connectivity index (χ0) is 16.1. The maximum atomic E-state index is 5.52. The van der Waals surface area contributed by atoms with Gasteiger partial charge in [-0.15, -0.1) is 6.58 Å². The normalized spacial score (nSPS) is 17.3. The Morgan fingerprint density at radius 1 is 1.39 bits per heavy atom. The summed E-state index contributed by atoms with van der Waals surface area (Å²) in [7, 11) is 0. The number of hydrogen-bond donors (Lipinski definition) is 0. The fourth-order valence-corrected chi connectivity index (χ4v) is 3.10. The van der Waals surface area contributed by atoms with E-state index in [1.807, 2.05) is 30.1 Å². The first kappa shape index (κ1) is 15.9. The lowest BCUT2D eigenvalue weighted by Gasteiger charge is -2.34. The Bertz CT molecular complexity index is 641. The van der Waals surface area contributed by atoms with Gasteiger partial charge in [-0.2, -0.15) is 10.1 Å². The Hall–Kier alpha value is -1.95. The van der Waals surface area contributed by atoms with E-state index in [0.29, 0.717) is 12.3 Å². The van der Waals surface area contributed by atoms with Crippen LogP contribution in [0.25, 0.3) is 0 Å². The zero-order valence-electron chi connectivity index (χ0n) is 13.7. The van der Waals surface area contributed by atoms with E-state index in [1.54, 1.807) is 0 Å². The molecule has 1 saturated heterocycles. The second-order valence-electron chi connectivity index (χ2n) is 6.26. The van der Waals surface area contributed by atoms with Crippen LogP contribution >= 0.6 is 0 Å². The molecule has 0 N–H and O–H groups in total. The number of aryl methyl sites for hydroxylation is 3. The molecule has 0 bridgehead atoms. The first-order valence-electron chi connectivity index (χ1n) is 8.23. The van der Waals surface area contributed by atoms with Crippen LogP contribution < -0.4 is 0 Å².